The molecule has 0 saturated carbocycles. The molecule has 2 aromatic heterocycles. The zero-order chi connectivity index (χ0) is 31.2. The molecule has 0 amide bonds. The third-order valence-corrected chi connectivity index (χ3v) is 7.28. The summed E-state index contributed by atoms with van der Waals surface area (Å²) in [6.07, 6.45) is -0.459. The van der Waals surface area contributed by atoms with Gasteiger partial charge in [0.25, 0.3) is 5.56 Å². The molecule has 0 spiro atoms. The van der Waals surface area contributed by atoms with Crippen molar-refractivity contribution in [3.8, 4) is 40.1 Å². The SMILES string of the molecule is COC(=O)C[C@@H](c1cc2ccccc2n(CC(C)C)c1=O)c1c(O)cc(O)c2c(=O)c(O)c(-c3ccc(O)c(O)c3)oc12. The minimum Gasteiger partial charge on any atom is -0.507 e. The van der Waals surface area contributed by atoms with E-state index in [1.165, 1.54) is 13.2 Å². The Kier molecular flexibility index (Phi) is 7.49. The average Bonchev–Trinajstić information content (AvgIpc) is 2.96. The number of para-hydroxylation sites is 1. The Morgan fingerprint density at radius 1 is 0.907 bits per heavy atom. The second-order valence-corrected chi connectivity index (χ2v) is 10.6. The van der Waals surface area contributed by atoms with Crippen LogP contribution in [0.4, 0.5) is 0 Å². The number of nitrogens with zero attached hydrogens (tertiary/aromatic N) is 1. The van der Waals surface area contributed by atoms with Gasteiger partial charge in [-0.2, -0.15) is 0 Å². The molecule has 0 aliphatic heterocycles. The summed E-state index contributed by atoms with van der Waals surface area (Å²) in [5.41, 5.74) is -1.38. The summed E-state index contributed by atoms with van der Waals surface area (Å²) in [5, 5.41) is 52.6. The molecule has 0 saturated heterocycles. The smallest absolute Gasteiger partial charge is 0.306 e. The van der Waals surface area contributed by atoms with Crippen LogP contribution in [0.5, 0.6) is 28.7 Å². The molecule has 11 nitrogen and oxygen atoms in total. The number of rotatable bonds is 7. The number of aromatic hydroxyl groups is 5. The fourth-order valence-corrected chi connectivity index (χ4v) is 5.30. The van der Waals surface area contributed by atoms with Gasteiger partial charge in [0, 0.05) is 35.2 Å². The predicted molar refractivity (Wildman–Crippen MR) is 158 cm³/mol. The maximum atomic E-state index is 14.1. The van der Waals surface area contributed by atoms with Crippen molar-refractivity contribution in [3.63, 3.8) is 0 Å². The summed E-state index contributed by atoms with van der Waals surface area (Å²) >= 11 is 0. The first-order valence-corrected chi connectivity index (χ1v) is 13.4. The lowest BCUT2D eigenvalue weighted by Gasteiger charge is -2.22. The molecule has 5 aromatic rings. The van der Waals surface area contributed by atoms with Crippen molar-refractivity contribution in [1.82, 2.24) is 4.57 Å². The van der Waals surface area contributed by atoms with Crippen LogP contribution in [0.3, 0.4) is 0 Å². The molecule has 5 rings (SSSR count). The van der Waals surface area contributed by atoms with Gasteiger partial charge in [-0.05, 0) is 41.6 Å². The quantitative estimate of drug-likeness (QED) is 0.133. The van der Waals surface area contributed by atoms with Gasteiger partial charge in [-0.15, -0.1) is 0 Å². The van der Waals surface area contributed by atoms with E-state index in [1.807, 2.05) is 13.8 Å². The monoisotopic (exact) mass is 587 g/mol. The van der Waals surface area contributed by atoms with E-state index in [0.717, 1.165) is 18.2 Å². The van der Waals surface area contributed by atoms with Crippen LogP contribution in [0, 0.1) is 5.92 Å². The van der Waals surface area contributed by atoms with E-state index in [1.54, 1.807) is 34.9 Å². The van der Waals surface area contributed by atoms with Crippen LogP contribution < -0.4 is 11.0 Å². The second kappa shape index (κ2) is 11.1. The Hall–Kier alpha value is -5.45. The summed E-state index contributed by atoms with van der Waals surface area (Å²) in [7, 11) is 1.17. The van der Waals surface area contributed by atoms with E-state index in [4.69, 9.17) is 9.15 Å². The Morgan fingerprint density at radius 2 is 1.63 bits per heavy atom. The highest BCUT2D eigenvalue weighted by Gasteiger charge is 2.32. The molecule has 0 fully saturated rings. The molecule has 1 atom stereocenters. The van der Waals surface area contributed by atoms with Crippen molar-refractivity contribution in [3.05, 3.63) is 86.3 Å². The lowest BCUT2D eigenvalue weighted by molar-refractivity contribution is -0.140. The summed E-state index contributed by atoms with van der Waals surface area (Å²) in [6, 6.07) is 13.1. The Bertz CT molecular complexity index is 2020. The Labute approximate surface area is 244 Å². The van der Waals surface area contributed by atoms with Crippen molar-refractivity contribution in [2.24, 2.45) is 5.92 Å². The zero-order valence-electron chi connectivity index (χ0n) is 23.5. The normalized spacial score (nSPS) is 12.2. The molecule has 3 aromatic carbocycles. The maximum absolute atomic E-state index is 14.1. The first-order chi connectivity index (χ1) is 20.4. The lowest BCUT2D eigenvalue weighted by Crippen LogP contribution is -2.29. The van der Waals surface area contributed by atoms with Gasteiger partial charge in [-0.3, -0.25) is 14.4 Å². The van der Waals surface area contributed by atoms with E-state index < -0.39 is 74.8 Å². The number of fused-ring (bicyclic) bond motifs is 2. The van der Waals surface area contributed by atoms with Crippen molar-refractivity contribution in [2.75, 3.05) is 7.11 Å². The topological polar surface area (TPSA) is 180 Å². The summed E-state index contributed by atoms with van der Waals surface area (Å²) in [6.45, 7) is 4.24. The predicted octanol–water partition coefficient (Wildman–Crippen LogP) is 4.65. The van der Waals surface area contributed by atoms with Gasteiger partial charge in [-0.25, -0.2) is 0 Å². The van der Waals surface area contributed by atoms with Gasteiger partial charge in [0.2, 0.25) is 11.2 Å². The minimum atomic E-state index is -1.24. The van der Waals surface area contributed by atoms with Crippen LogP contribution >= 0.6 is 0 Å². The van der Waals surface area contributed by atoms with Crippen LogP contribution in [0.1, 0.15) is 37.3 Å². The number of benzene rings is 3. The number of ether oxygens (including phenoxy) is 1. The fraction of sp³-hybridized carbons (Fsp3) is 0.219. The number of hydrogen-bond donors (Lipinski definition) is 5. The Morgan fingerprint density at radius 3 is 2.30 bits per heavy atom. The largest absolute Gasteiger partial charge is 0.507 e. The molecule has 0 bridgehead atoms. The number of hydrogen-bond acceptors (Lipinski definition) is 10. The van der Waals surface area contributed by atoms with Crippen LogP contribution in [0.25, 0.3) is 33.2 Å². The molecule has 2 heterocycles. The van der Waals surface area contributed by atoms with E-state index in [9.17, 15) is 39.9 Å². The first kappa shape index (κ1) is 29.1. The van der Waals surface area contributed by atoms with Crippen LogP contribution in [-0.4, -0.2) is 43.2 Å². The number of aromatic nitrogens is 1. The molecule has 0 aliphatic rings. The van der Waals surface area contributed by atoms with Crippen LogP contribution in [0.15, 0.2) is 68.6 Å². The molecule has 5 N–H and O–H groups in total. The van der Waals surface area contributed by atoms with E-state index in [2.05, 4.69) is 0 Å². The number of carbonyl (C=O) groups is 1. The number of methoxy groups -OCH3 is 1. The lowest BCUT2D eigenvalue weighted by atomic mass is 9.86. The number of phenolic OH excluding ortho intramolecular Hbond substituents is 4. The molecule has 0 radical (unpaired) electrons. The maximum Gasteiger partial charge on any atom is 0.306 e. The van der Waals surface area contributed by atoms with Gasteiger partial charge in [-0.1, -0.05) is 32.0 Å². The third-order valence-electron chi connectivity index (χ3n) is 7.28. The molecule has 43 heavy (non-hydrogen) atoms. The van der Waals surface area contributed by atoms with Crippen molar-refractivity contribution >= 4 is 27.8 Å². The molecule has 0 unspecified atom stereocenters. The average molecular weight is 588 g/mol. The zero-order valence-corrected chi connectivity index (χ0v) is 23.5. The van der Waals surface area contributed by atoms with E-state index in [-0.39, 0.29) is 22.6 Å². The standard InChI is InChI=1S/C32H29NO10/c1-15(2)14-33-20-7-5-4-6-16(20)10-19(32(33)41)18(12-25(38)42-3)26-23(36)13-24(37)27-28(39)29(40)30(43-31(26)27)17-8-9-21(34)22(35)11-17/h4-11,13,15,18,34-37,40H,12,14H2,1-3H3/t18-/m0/s1. The molecule has 0 aliphatic carbocycles. The molecule has 222 valence electrons. The third kappa shape index (κ3) is 5.09. The van der Waals surface area contributed by atoms with Gasteiger partial charge in [0.05, 0.1) is 19.0 Å². The van der Waals surface area contributed by atoms with Crippen LogP contribution in [0.2, 0.25) is 0 Å². The Balaban J connectivity index is 1.90. The second-order valence-electron chi connectivity index (χ2n) is 10.6. The summed E-state index contributed by atoms with van der Waals surface area (Å²) < 4.78 is 12.5. The van der Waals surface area contributed by atoms with Crippen molar-refractivity contribution < 1.29 is 39.5 Å². The van der Waals surface area contributed by atoms with E-state index in [0.29, 0.717) is 17.4 Å². The highest BCUT2D eigenvalue weighted by atomic mass is 16.5. The number of phenols is 4. The number of carbonyl (C=O) groups excluding carboxylic acids is 1. The van der Waals surface area contributed by atoms with E-state index >= 15 is 0 Å². The van der Waals surface area contributed by atoms with Gasteiger partial charge >= 0.3 is 5.97 Å². The first-order valence-electron chi connectivity index (χ1n) is 13.4. The van der Waals surface area contributed by atoms with Crippen molar-refractivity contribution in [1.29, 1.82) is 0 Å². The molecule has 11 heteroatoms. The molecular formula is C32H29NO10. The van der Waals surface area contributed by atoms with Gasteiger partial charge < -0.3 is 39.3 Å². The number of esters is 1. The number of pyridine rings is 1. The van der Waals surface area contributed by atoms with Gasteiger partial charge in [0.15, 0.2) is 17.3 Å². The van der Waals surface area contributed by atoms with Gasteiger partial charge in [0.1, 0.15) is 22.5 Å². The fourth-order valence-electron chi connectivity index (χ4n) is 5.30. The summed E-state index contributed by atoms with van der Waals surface area (Å²) in [5.74, 6) is -5.60. The minimum absolute atomic E-state index is 0.0184. The van der Waals surface area contributed by atoms with Crippen molar-refractivity contribution in [2.45, 2.75) is 32.7 Å². The molecular weight excluding hydrogens is 558 g/mol. The van der Waals surface area contributed by atoms with Crippen LogP contribution in [-0.2, 0) is 16.1 Å². The highest BCUT2D eigenvalue weighted by molar-refractivity contribution is 5.92. The summed E-state index contributed by atoms with van der Waals surface area (Å²) in [4.78, 5) is 40.2. The highest BCUT2D eigenvalue weighted by Crippen LogP contribution is 2.44.